The molecule has 0 amide bonds. The van der Waals surface area contributed by atoms with Gasteiger partial charge in [0, 0.05) is 6.04 Å². The lowest BCUT2D eigenvalue weighted by molar-refractivity contribution is 0.319. The van der Waals surface area contributed by atoms with Crippen LogP contribution < -0.4 is 9.46 Å². The van der Waals surface area contributed by atoms with Crippen LogP contribution in [-0.4, -0.2) is 21.6 Å². The molecule has 0 heterocycles. The second-order valence-corrected chi connectivity index (χ2v) is 7.35. The van der Waals surface area contributed by atoms with Gasteiger partial charge in [0.1, 0.15) is 0 Å². The highest BCUT2D eigenvalue weighted by Crippen LogP contribution is 2.33. The number of benzene rings is 1. The maximum Gasteiger partial charge on any atom is 0.246 e. The van der Waals surface area contributed by atoms with Crippen molar-refractivity contribution in [3.8, 4) is 5.75 Å². The monoisotopic (exact) mass is 355 g/mol. The van der Waals surface area contributed by atoms with Crippen molar-refractivity contribution in [3.63, 3.8) is 0 Å². The molecule has 0 saturated heterocycles. The first-order valence-electron chi connectivity index (χ1n) is 7.11. The van der Waals surface area contributed by atoms with Crippen LogP contribution >= 0.6 is 0 Å². The molecule has 1 saturated carbocycles. The van der Waals surface area contributed by atoms with Crippen LogP contribution in [0, 0.1) is 29.2 Å². The van der Waals surface area contributed by atoms with Gasteiger partial charge in [-0.2, -0.15) is 8.78 Å². The second kappa shape index (κ2) is 6.64. The Labute approximate surface area is 131 Å². The van der Waals surface area contributed by atoms with Crippen molar-refractivity contribution in [2.75, 3.05) is 7.11 Å². The molecule has 2 rings (SSSR count). The fourth-order valence-corrected chi connectivity index (χ4v) is 4.11. The number of sulfonamides is 1. The third-order valence-electron chi connectivity index (χ3n) is 3.99. The average molecular weight is 355 g/mol. The normalized spacial score (nSPS) is 22.2. The Kier molecular flexibility index (Phi) is 5.20. The molecule has 23 heavy (non-hydrogen) atoms. The van der Waals surface area contributed by atoms with Crippen molar-refractivity contribution in [1.82, 2.24) is 4.72 Å². The second-order valence-electron chi connectivity index (χ2n) is 5.70. The van der Waals surface area contributed by atoms with E-state index in [0.29, 0.717) is 18.8 Å². The smallest absolute Gasteiger partial charge is 0.246 e. The largest absolute Gasteiger partial charge is 0.491 e. The lowest BCUT2D eigenvalue weighted by atomic mass is 9.88. The number of halogens is 4. The van der Waals surface area contributed by atoms with Gasteiger partial charge in [-0.1, -0.05) is 6.92 Å². The molecule has 1 aromatic rings. The minimum absolute atomic E-state index is 0.431. The van der Waals surface area contributed by atoms with E-state index in [0.717, 1.165) is 20.0 Å². The maximum atomic E-state index is 13.9. The van der Waals surface area contributed by atoms with Crippen LogP contribution in [0.2, 0.25) is 0 Å². The van der Waals surface area contributed by atoms with E-state index < -0.39 is 50.0 Å². The molecule has 1 aliphatic carbocycles. The highest BCUT2D eigenvalue weighted by Gasteiger charge is 2.35. The lowest BCUT2D eigenvalue weighted by Gasteiger charge is -2.26. The number of nitrogens with one attached hydrogen (secondary N) is 1. The Balaban J connectivity index is 2.40. The predicted molar refractivity (Wildman–Crippen MR) is 74.6 cm³/mol. The Morgan fingerprint density at radius 2 is 1.43 bits per heavy atom. The van der Waals surface area contributed by atoms with Crippen molar-refractivity contribution >= 4 is 10.0 Å². The molecule has 0 unspecified atom stereocenters. The third kappa shape index (κ3) is 3.45. The summed E-state index contributed by atoms with van der Waals surface area (Å²) in [5.41, 5.74) is 0. The molecule has 0 bridgehead atoms. The van der Waals surface area contributed by atoms with Crippen LogP contribution in [0.1, 0.15) is 32.6 Å². The third-order valence-corrected chi connectivity index (χ3v) is 5.53. The first kappa shape index (κ1) is 18.0. The molecular weight excluding hydrogens is 338 g/mol. The average Bonchev–Trinajstić information content (AvgIpc) is 2.48. The lowest BCUT2D eigenvalue weighted by Crippen LogP contribution is -2.38. The molecule has 0 radical (unpaired) electrons. The Hall–Kier alpha value is -1.35. The molecule has 0 spiro atoms. The van der Waals surface area contributed by atoms with E-state index in [9.17, 15) is 26.0 Å². The molecule has 1 aliphatic rings. The molecule has 4 nitrogen and oxygen atoms in total. The molecule has 1 aromatic carbocycles. The van der Waals surface area contributed by atoms with Crippen molar-refractivity contribution in [2.45, 2.75) is 43.5 Å². The molecule has 1 fully saturated rings. The summed E-state index contributed by atoms with van der Waals surface area (Å²) in [4.78, 5) is -1.66. The van der Waals surface area contributed by atoms with Crippen LogP contribution in [0.5, 0.6) is 5.75 Å². The highest BCUT2D eigenvalue weighted by atomic mass is 32.2. The van der Waals surface area contributed by atoms with Crippen LogP contribution in [0.3, 0.4) is 0 Å². The van der Waals surface area contributed by atoms with E-state index in [1.807, 2.05) is 6.92 Å². The van der Waals surface area contributed by atoms with Crippen molar-refractivity contribution < 1.29 is 30.7 Å². The number of methoxy groups -OCH3 is 1. The summed E-state index contributed by atoms with van der Waals surface area (Å²) < 4.78 is 85.8. The van der Waals surface area contributed by atoms with Crippen LogP contribution in [-0.2, 0) is 10.0 Å². The number of ether oxygens (including phenoxy) is 1. The summed E-state index contributed by atoms with van der Waals surface area (Å²) in [6.45, 7) is 2.01. The molecule has 0 atom stereocenters. The quantitative estimate of drug-likeness (QED) is 0.667. The Morgan fingerprint density at radius 3 is 1.87 bits per heavy atom. The van der Waals surface area contributed by atoms with E-state index in [4.69, 9.17) is 0 Å². The number of hydrogen-bond acceptors (Lipinski definition) is 3. The van der Waals surface area contributed by atoms with E-state index in [-0.39, 0.29) is 0 Å². The number of rotatable bonds is 4. The molecule has 1 N–H and O–H groups in total. The van der Waals surface area contributed by atoms with Gasteiger partial charge in [0.15, 0.2) is 22.3 Å². The SMILES string of the molecule is COc1c(F)c(F)c(S(=O)(=O)NC2CCC(C)CC2)c(F)c1F. The van der Waals surface area contributed by atoms with Crippen LogP contribution in [0.15, 0.2) is 4.90 Å². The Bertz CT molecular complexity index is 671. The van der Waals surface area contributed by atoms with Gasteiger partial charge in [-0.15, -0.1) is 0 Å². The predicted octanol–water partition coefficient (Wildman–Crippen LogP) is 3.11. The summed E-state index contributed by atoms with van der Waals surface area (Å²) in [6, 6.07) is -0.525. The minimum Gasteiger partial charge on any atom is -0.491 e. The van der Waals surface area contributed by atoms with Gasteiger partial charge in [0.05, 0.1) is 7.11 Å². The van der Waals surface area contributed by atoms with E-state index in [1.165, 1.54) is 0 Å². The molecule has 130 valence electrons. The zero-order valence-corrected chi connectivity index (χ0v) is 13.4. The first-order valence-corrected chi connectivity index (χ1v) is 8.59. The molecular formula is C14H17F4NO3S. The van der Waals surface area contributed by atoms with Crippen molar-refractivity contribution in [1.29, 1.82) is 0 Å². The molecule has 9 heteroatoms. The standard InChI is InChI=1S/C14H17F4NO3S/c1-7-3-5-8(6-4-7)19-23(20,21)14-11(17)9(15)13(22-2)10(16)12(14)18/h7-8,19H,3-6H2,1-2H3. The summed E-state index contributed by atoms with van der Waals surface area (Å²) in [5, 5.41) is 0. The van der Waals surface area contributed by atoms with Gasteiger partial charge in [-0.3, -0.25) is 0 Å². The van der Waals surface area contributed by atoms with Crippen LogP contribution in [0.4, 0.5) is 17.6 Å². The fourth-order valence-electron chi connectivity index (χ4n) is 2.66. The van der Waals surface area contributed by atoms with Gasteiger partial charge < -0.3 is 4.74 Å². The highest BCUT2D eigenvalue weighted by molar-refractivity contribution is 7.89. The summed E-state index contributed by atoms with van der Waals surface area (Å²) in [5.74, 6) is -8.64. The van der Waals surface area contributed by atoms with Gasteiger partial charge in [-0.05, 0) is 31.6 Å². The minimum atomic E-state index is -4.74. The van der Waals surface area contributed by atoms with E-state index in [2.05, 4.69) is 9.46 Å². The van der Waals surface area contributed by atoms with Crippen molar-refractivity contribution in [3.05, 3.63) is 23.3 Å². The summed E-state index contributed by atoms with van der Waals surface area (Å²) >= 11 is 0. The fraction of sp³-hybridized carbons (Fsp3) is 0.571. The molecule has 0 aromatic heterocycles. The Morgan fingerprint density at radius 1 is 0.957 bits per heavy atom. The van der Waals surface area contributed by atoms with Gasteiger partial charge in [0.2, 0.25) is 21.7 Å². The zero-order valence-electron chi connectivity index (χ0n) is 12.6. The van der Waals surface area contributed by atoms with E-state index in [1.54, 1.807) is 0 Å². The first-order chi connectivity index (χ1) is 10.7. The van der Waals surface area contributed by atoms with Gasteiger partial charge >= 0.3 is 0 Å². The zero-order chi connectivity index (χ0) is 17.4. The van der Waals surface area contributed by atoms with E-state index >= 15 is 0 Å². The summed E-state index contributed by atoms with van der Waals surface area (Å²) in [7, 11) is -3.93. The van der Waals surface area contributed by atoms with Gasteiger partial charge in [-0.25, -0.2) is 21.9 Å². The van der Waals surface area contributed by atoms with Crippen LogP contribution in [0.25, 0.3) is 0 Å². The number of hydrogen-bond donors (Lipinski definition) is 1. The maximum absolute atomic E-state index is 13.9. The van der Waals surface area contributed by atoms with Crippen molar-refractivity contribution in [2.24, 2.45) is 5.92 Å². The topological polar surface area (TPSA) is 55.4 Å². The summed E-state index contributed by atoms with van der Waals surface area (Å²) in [6.07, 6.45) is 2.49. The van der Waals surface area contributed by atoms with Gasteiger partial charge in [0.25, 0.3) is 0 Å². The molecule has 0 aliphatic heterocycles.